The minimum absolute atomic E-state index is 0.0227. The summed E-state index contributed by atoms with van der Waals surface area (Å²) in [4.78, 5) is 24.4. The first-order chi connectivity index (χ1) is 10.5. The third-order valence-electron chi connectivity index (χ3n) is 3.30. The number of fused-ring (bicyclic) bond motifs is 1. The number of nitrogens with zero attached hydrogens (tertiary/aromatic N) is 4. The van der Waals surface area contributed by atoms with E-state index < -0.39 is 4.92 Å². The van der Waals surface area contributed by atoms with Crippen molar-refractivity contribution in [1.29, 1.82) is 0 Å². The second-order valence-electron chi connectivity index (χ2n) is 4.74. The van der Waals surface area contributed by atoms with Crippen LogP contribution in [0.5, 0.6) is 0 Å². The fourth-order valence-electron chi connectivity index (χ4n) is 2.30. The molecule has 1 aromatic carbocycles. The molecule has 22 heavy (non-hydrogen) atoms. The summed E-state index contributed by atoms with van der Waals surface area (Å²) in [7, 11) is 0. The van der Waals surface area contributed by atoms with Crippen molar-refractivity contribution in [3.8, 4) is 0 Å². The number of carbonyl (C=O) groups excluding carboxylic acids is 1. The van der Waals surface area contributed by atoms with E-state index in [-0.39, 0.29) is 17.3 Å². The number of aromatic nitrogens is 2. The van der Waals surface area contributed by atoms with Crippen LogP contribution in [-0.4, -0.2) is 33.3 Å². The van der Waals surface area contributed by atoms with Crippen LogP contribution in [0.4, 0.5) is 11.4 Å². The number of thioether (sulfide) groups is 1. The van der Waals surface area contributed by atoms with Crippen LogP contribution in [0.15, 0.2) is 22.5 Å². The molecule has 1 aliphatic heterocycles. The maximum absolute atomic E-state index is 12.3. The molecule has 114 valence electrons. The van der Waals surface area contributed by atoms with Gasteiger partial charge in [-0.3, -0.25) is 14.9 Å². The van der Waals surface area contributed by atoms with Gasteiger partial charge in [0.2, 0.25) is 5.91 Å². The van der Waals surface area contributed by atoms with E-state index in [0.717, 1.165) is 20.6 Å². The van der Waals surface area contributed by atoms with Gasteiger partial charge < -0.3 is 4.90 Å². The van der Waals surface area contributed by atoms with Crippen LogP contribution < -0.4 is 4.90 Å². The molecule has 1 aromatic heterocycles. The Bertz CT molecular complexity index is 747. The highest BCUT2D eigenvalue weighted by Gasteiger charge is 2.26. The Kier molecular flexibility index (Phi) is 4.08. The third kappa shape index (κ3) is 2.95. The molecule has 3 rings (SSSR count). The van der Waals surface area contributed by atoms with Crippen LogP contribution in [0.25, 0.3) is 0 Å². The van der Waals surface area contributed by atoms with Gasteiger partial charge in [-0.1, -0.05) is 23.1 Å². The molecule has 9 heteroatoms. The Labute approximate surface area is 134 Å². The van der Waals surface area contributed by atoms with Crippen molar-refractivity contribution in [3.05, 3.63) is 38.9 Å². The highest BCUT2D eigenvalue weighted by Crippen LogP contribution is 2.32. The van der Waals surface area contributed by atoms with Crippen LogP contribution in [-0.2, 0) is 11.2 Å². The van der Waals surface area contributed by atoms with Crippen LogP contribution in [0.2, 0.25) is 0 Å². The highest BCUT2D eigenvalue weighted by atomic mass is 32.2. The van der Waals surface area contributed by atoms with Gasteiger partial charge in [0.05, 0.1) is 10.7 Å². The van der Waals surface area contributed by atoms with Crippen molar-refractivity contribution in [2.24, 2.45) is 0 Å². The largest absolute Gasteiger partial charge is 0.311 e. The molecular formula is C13H12N4O3S2. The second kappa shape index (κ2) is 6.01. The molecule has 0 spiro atoms. The number of amides is 1. The number of non-ortho nitro benzene ring substituents is 1. The Hall–Kier alpha value is -2.00. The van der Waals surface area contributed by atoms with Crippen LogP contribution in [0.1, 0.15) is 10.6 Å². The van der Waals surface area contributed by atoms with E-state index in [2.05, 4.69) is 10.2 Å². The smallest absolute Gasteiger partial charge is 0.269 e. The summed E-state index contributed by atoms with van der Waals surface area (Å²) >= 11 is 2.82. The number of benzene rings is 1. The van der Waals surface area contributed by atoms with E-state index in [9.17, 15) is 14.9 Å². The van der Waals surface area contributed by atoms with Gasteiger partial charge in [-0.05, 0) is 25.0 Å². The molecular weight excluding hydrogens is 324 g/mol. The molecule has 1 amide bonds. The van der Waals surface area contributed by atoms with Crippen molar-refractivity contribution in [2.45, 2.75) is 17.7 Å². The molecule has 0 N–H and O–H groups in total. The minimum atomic E-state index is -0.418. The fraction of sp³-hybridized carbons (Fsp3) is 0.308. The maximum atomic E-state index is 12.3. The van der Waals surface area contributed by atoms with E-state index in [0.29, 0.717) is 13.0 Å². The first-order valence-electron chi connectivity index (χ1n) is 6.55. The van der Waals surface area contributed by atoms with Gasteiger partial charge in [-0.2, -0.15) is 0 Å². The molecule has 0 unspecified atom stereocenters. The van der Waals surface area contributed by atoms with E-state index >= 15 is 0 Å². The van der Waals surface area contributed by atoms with E-state index in [1.165, 1.54) is 29.2 Å². The molecule has 0 aliphatic carbocycles. The highest BCUT2D eigenvalue weighted by molar-refractivity contribution is 8.01. The van der Waals surface area contributed by atoms with Gasteiger partial charge >= 0.3 is 0 Å². The van der Waals surface area contributed by atoms with Gasteiger partial charge in [0, 0.05) is 24.4 Å². The SMILES string of the molecule is Cc1nnc(SCC(=O)N2CCc3cc([N+](=O)[O-])ccc32)s1. The lowest BCUT2D eigenvalue weighted by Gasteiger charge is -2.16. The van der Waals surface area contributed by atoms with Crippen LogP contribution in [0, 0.1) is 17.0 Å². The Balaban J connectivity index is 1.69. The summed E-state index contributed by atoms with van der Waals surface area (Å²) in [6, 6.07) is 4.63. The number of hydrogen-bond acceptors (Lipinski definition) is 7. The normalized spacial score (nSPS) is 13.2. The molecule has 0 radical (unpaired) electrons. The Morgan fingerprint density at radius 3 is 3.00 bits per heavy atom. The molecule has 0 atom stereocenters. The zero-order chi connectivity index (χ0) is 15.7. The number of hydrogen-bond donors (Lipinski definition) is 0. The number of aryl methyl sites for hydroxylation is 1. The second-order valence-corrected chi connectivity index (χ2v) is 7.15. The predicted molar refractivity (Wildman–Crippen MR) is 84.5 cm³/mol. The summed E-state index contributed by atoms with van der Waals surface area (Å²) in [6.07, 6.45) is 0.644. The number of rotatable bonds is 4. The quantitative estimate of drug-likeness (QED) is 0.484. The molecule has 7 nitrogen and oxygen atoms in total. The van der Waals surface area contributed by atoms with Crippen molar-refractivity contribution < 1.29 is 9.72 Å². The molecule has 0 saturated carbocycles. The van der Waals surface area contributed by atoms with Crippen molar-refractivity contribution >= 4 is 40.4 Å². The molecule has 0 bridgehead atoms. The number of nitro benzene ring substituents is 1. The van der Waals surface area contributed by atoms with Crippen molar-refractivity contribution in [3.63, 3.8) is 0 Å². The minimum Gasteiger partial charge on any atom is -0.311 e. The standard InChI is InChI=1S/C13H12N4O3S2/c1-8-14-15-13(22-8)21-7-12(18)16-5-4-9-6-10(17(19)20)2-3-11(9)16/h2-3,6H,4-5,7H2,1H3. The molecule has 1 aliphatic rings. The van der Waals surface area contributed by atoms with Crippen molar-refractivity contribution in [1.82, 2.24) is 10.2 Å². The summed E-state index contributed by atoms with van der Waals surface area (Å²) in [5, 5.41) is 19.5. The zero-order valence-corrected chi connectivity index (χ0v) is 13.3. The average Bonchev–Trinajstić information content (AvgIpc) is 3.10. The summed E-state index contributed by atoms with van der Waals surface area (Å²) in [5.41, 5.74) is 1.68. The lowest BCUT2D eigenvalue weighted by molar-refractivity contribution is -0.384. The van der Waals surface area contributed by atoms with Gasteiger partial charge in [-0.15, -0.1) is 10.2 Å². The predicted octanol–water partition coefficient (Wildman–Crippen LogP) is 2.44. The van der Waals surface area contributed by atoms with E-state index in [4.69, 9.17) is 0 Å². The number of carbonyl (C=O) groups is 1. The molecule has 2 aromatic rings. The summed E-state index contributed by atoms with van der Waals surface area (Å²) in [6.45, 7) is 2.43. The number of nitro groups is 1. The maximum Gasteiger partial charge on any atom is 0.269 e. The van der Waals surface area contributed by atoms with Gasteiger partial charge in [0.25, 0.3) is 5.69 Å². The van der Waals surface area contributed by atoms with Crippen molar-refractivity contribution in [2.75, 3.05) is 17.2 Å². The first kappa shape index (κ1) is 14.9. The first-order valence-corrected chi connectivity index (χ1v) is 8.35. The van der Waals surface area contributed by atoms with Crippen LogP contribution >= 0.6 is 23.1 Å². The lowest BCUT2D eigenvalue weighted by Crippen LogP contribution is -2.30. The number of anilines is 1. The Morgan fingerprint density at radius 2 is 2.32 bits per heavy atom. The summed E-state index contributed by atoms with van der Waals surface area (Å²) < 4.78 is 0.772. The lowest BCUT2D eigenvalue weighted by atomic mass is 10.1. The van der Waals surface area contributed by atoms with Crippen LogP contribution in [0.3, 0.4) is 0 Å². The Morgan fingerprint density at radius 1 is 1.50 bits per heavy atom. The van der Waals surface area contributed by atoms with Gasteiger partial charge in [0.1, 0.15) is 5.01 Å². The molecule has 2 heterocycles. The van der Waals surface area contributed by atoms with E-state index in [1.54, 1.807) is 17.0 Å². The monoisotopic (exact) mass is 336 g/mol. The molecule has 0 saturated heterocycles. The zero-order valence-electron chi connectivity index (χ0n) is 11.7. The summed E-state index contributed by atoms with van der Waals surface area (Å²) in [5.74, 6) is 0.260. The topological polar surface area (TPSA) is 89.2 Å². The van der Waals surface area contributed by atoms with Gasteiger partial charge in [0.15, 0.2) is 4.34 Å². The van der Waals surface area contributed by atoms with Gasteiger partial charge in [-0.25, -0.2) is 0 Å². The molecule has 0 fully saturated rings. The van der Waals surface area contributed by atoms with E-state index in [1.807, 2.05) is 6.92 Å². The average molecular weight is 336 g/mol. The fourth-order valence-corrected chi connectivity index (χ4v) is 3.99. The third-order valence-corrected chi connectivity index (χ3v) is 5.25.